The minimum absolute atomic E-state index is 0.0545. The lowest BCUT2D eigenvalue weighted by molar-refractivity contribution is -0.124. The smallest absolute Gasteiger partial charge is 0.251 e. The zero-order valence-corrected chi connectivity index (χ0v) is 15.2. The third-order valence-electron chi connectivity index (χ3n) is 4.97. The number of hydrogen-bond donors (Lipinski definition) is 1. The lowest BCUT2D eigenvalue weighted by atomic mass is 9.65. The molecule has 0 radical (unpaired) electrons. The molecule has 4 heteroatoms. The highest BCUT2D eigenvalue weighted by molar-refractivity contribution is 6.30. The van der Waals surface area contributed by atoms with Crippen LogP contribution in [0.15, 0.2) is 54.6 Å². The summed E-state index contributed by atoms with van der Waals surface area (Å²) in [6.45, 7) is 4.09. The number of ketones is 1. The van der Waals surface area contributed by atoms with Crippen molar-refractivity contribution in [2.24, 2.45) is 5.41 Å². The Morgan fingerprint density at radius 2 is 1.72 bits per heavy atom. The Hall–Kier alpha value is -2.13. The summed E-state index contributed by atoms with van der Waals surface area (Å²) < 4.78 is 0. The molecule has 1 N–H and O–H groups in total. The normalized spacial score (nSPS) is 22.4. The maximum absolute atomic E-state index is 12.7. The van der Waals surface area contributed by atoms with Gasteiger partial charge in [0.2, 0.25) is 0 Å². The van der Waals surface area contributed by atoms with Crippen LogP contribution >= 0.6 is 11.6 Å². The molecular weight excluding hydrogens is 334 g/mol. The standard InChI is InChI=1S/C21H22ClNO2/c1-21(2)13-17(24)12-18(14-8-10-16(22)11-9-14)19(21)23-20(25)15-6-4-3-5-7-15/h3-11,18-19H,12-13H2,1-2H3,(H,23,25)/t18-,19+/m0/s1. The van der Waals surface area contributed by atoms with Gasteiger partial charge in [-0.15, -0.1) is 0 Å². The van der Waals surface area contributed by atoms with Crippen LogP contribution in [0, 0.1) is 5.41 Å². The summed E-state index contributed by atoms with van der Waals surface area (Å²) in [5.41, 5.74) is 1.35. The van der Waals surface area contributed by atoms with Gasteiger partial charge in [0.05, 0.1) is 0 Å². The molecular formula is C21H22ClNO2. The average Bonchev–Trinajstić information content (AvgIpc) is 2.58. The number of halogens is 1. The van der Waals surface area contributed by atoms with Gasteiger partial charge in [0.1, 0.15) is 5.78 Å². The third kappa shape index (κ3) is 3.93. The molecule has 0 saturated heterocycles. The third-order valence-corrected chi connectivity index (χ3v) is 5.22. The number of nitrogens with one attached hydrogen (secondary N) is 1. The van der Waals surface area contributed by atoms with Gasteiger partial charge in [0, 0.05) is 35.4 Å². The zero-order chi connectivity index (χ0) is 18.0. The molecule has 0 bridgehead atoms. The van der Waals surface area contributed by atoms with Crippen molar-refractivity contribution in [1.82, 2.24) is 5.32 Å². The molecule has 0 unspecified atom stereocenters. The van der Waals surface area contributed by atoms with Crippen LogP contribution in [0.2, 0.25) is 5.02 Å². The van der Waals surface area contributed by atoms with Crippen molar-refractivity contribution < 1.29 is 9.59 Å². The van der Waals surface area contributed by atoms with Gasteiger partial charge in [-0.2, -0.15) is 0 Å². The highest BCUT2D eigenvalue weighted by atomic mass is 35.5. The Kier molecular flexibility index (Phi) is 4.96. The van der Waals surface area contributed by atoms with Crippen molar-refractivity contribution >= 4 is 23.3 Å². The second-order valence-corrected chi connectivity index (χ2v) is 7.82. The molecule has 1 amide bonds. The Morgan fingerprint density at radius 1 is 1.08 bits per heavy atom. The van der Waals surface area contributed by atoms with E-state index in [-0.39, 0.29) is 29.1 Å². The van der Waals surface area contributed by atoms with Crippen molar-refractivity contribution in [3.63, 3.8) is 0 Å². The monoisotopic (exact) mass is 355 g/mol. The van der Waals surface area contributed by atoms with E-state index in [1.54, 1.807) is 12.1 Å². The number of carbonyl (C=O) groups is 2. The summed E-state index contributed by atoms with van der Waals surface area (Å²) in [5.74, 6) is 0.0725. The Balaban J connectivity index is 1.92. The molecule has 0 aromatic heterocycles. The summed E-state index contributed by atoms with van der Waals surface area (Å²) in [6.07, 6.45) is 0.904. The van der Waals surface area contributed by atoms with Crippen LogP contribution in [0.4, 0.5) is 0 Å². The van der Waals surface area contributed by atoms with E-state index in [1.165, 1.54) is 0 Å². The molecule has 1 aliphatic rings. The van der Waals surface area contributed by atoms with Gasteiger partial charge < -0.3 is 5.32 Å². The largest absolute Gasteiger partial charge is 0.348 e. The molecule has 2 aromatic rings. The minimum atomic E-state index is -0.315. The van der Waals surface area contributed by atoms with Crippen molar-refractivity contribution in [2.75, 3.05) is 0 Å². The van der Waals surface area contributed by atoms with E-state index in [1.807, 2.05) is 56.3 Å². The lowest BCUT2D eigenvalue weighted by Crippen LogP contribution is -2.52. The van der Waals surface area contributed by atoms with E-state index in [0.29, 0.717) is 23.4 Å². The van der Waals surface area contributed by atoms with Crippen LogP contribution in [-0.4, -0.2) is 17.7 Å². The van der Waals surface area contributed by atoms with Gasteiger partial charge in [-0.3, -0.25) is 9.59 Å². The Bertz CT molecular complexity index is 768. The first-order valence-corrected chi connectivity index (χ1v) is 8.88. The molecule has 1 aliphatic carbocycles. The summed E-state index contributed by atoms with van der Waals surface area (Å²) in [7, 11) is 0. The average molecular weight is 356 g/mol. The van der Waals surface area contributed by atoms with Gasteiger partial charge in [-0.1, -0.05) is 55.8 Å². The van der Waals surface area contributed by atoms with Crippen LogP contribution in [0.1, 0.15) is 48.5 Å². The van der Waals surface area contributed by atoms with Crippen LogP contribution in [-0.2, 0) is 4.79 Å². The summed E-state index contributed by atoms with van der Waals surface area (Å²) in [4.78, 5) is 25.0. The number of hydrogen-bond acceptors (Lipinski definition) is 2. The van der Waals surface area contributed by atoms with Crippen molar-refractivity contribution in [1.29, 1.82) is 0 Å². The van der Waals surface area contributed by atoms with E-state index >= 15 is 0 Å². The van der Waals surface area contributed by atoms with E-state index in [2.05, 4.69) is 5.32 Å². The first kappa shape index (κ1) is 17.7. The molecule has 1 fully saturated rings. The van der Waals surface area contributed by atoms with Gasteiger partial charge in [-0.05, 0) is 35.2 Å². The van der Waals surface area contributed by atoms with E-state index in [9.17, 15) is 9.59 Å². The van der Waals surface area contributed by atoms with Crippen LogP contribution in [0.3, 0.4) is 0 Å². The SMILES string of the molecule is CC1(C)CC(=O)C[C@@H](c2ccc(Cl)cc2)[C@H]1NC(=O)c1ccccc1. The van der Waals surface area contributed by atoms with Crippen LogP contribution < -0.4 is 5.32 Å². The molecule has 130 valence electrons. The molecule has 1 saturated carbocycles. The maximum atomic E-state index is 12.7. The lowest BCUT2D eigenvalue weighted by Gasteiger charge is -2.44. The molecule has 3 rings (SSSR count). The van der Waals surface area contributed by atoms with Crippen molar-refractivity contribution in [2.45, 2.75) is 38.6 Å². The quantitative estimate of drug-likeness (QED) is 0.873. The van der Waals surface area contributed by atoms with Crippen LogP contribution in [0.5, 0.6) is 0 Å². The highest BCUT2D eigenvalue weighted by Crippen LogP contribution is 2.42. The fraction of sp³-hybridized carbons (Fsp3) is 0.333. The molecule has 0 spiro atoms. The summed E-state index contributed by atoms with van der Waals surface area (Å²) in [6, 6.07) is 16.6. The fourth-order valence-electron chi connectivity index (χ4n) is 3.73. The van der Waals surface area contributed by atoms with Crippen molar-refractivity contribution in [3.05, 3.63) is 70.7 Å². The first-order valence-electron chi connectivity index (χ1n) is 8.50. The van der Waals surface area contributed by atoms with E-state index in [0.717, 1.165) is 5.56 Å². The summed E-state index contributed by atoms with van der Waals surface area (Å²) in [5, 5.41) is 3.85. The van der Waals surface area contributed by atoms with Crippen LogP contribution in [0.25, 0.3) is 0 Å². The first-order chi connectivity index (χ1) is 11.9. The number of benzene rings is 2. The predicted octanol–water partition coefficient (Wildman–Crippen LogP) is 4.61. The van der Waals surface area contributed by atoms with Crippen molar-refractivity contribution in [3.8, 4) is 0 Å². The predicted molar refractivity (Wildman–Crippen MR) is 99.9 cm³/mol. The molecule has 0 aliphatic heterocycles. The van der Waals surface area contributed by atoms with E-state index < -0.39 is 0 Å². The van der Waals surface area contributed by atoms with Gasteiger partial charge in [-0.25, -0.2) is 0 Å². The molecule has 3 nitrogen and oxygen atoms in total. The summed E-state index contributed by atoms with van der Waals surface area (Å²) >= 11 is 6.00. The van der Waals surface area contributed by atoms with E-state index in [4.69, 9.17) is 11.6 Å². The zero-order valence-electron chi connectivity index (χ0n) is 14.5. The molecule has 2 atom stereocenters. The maximum Gasteiger partial charge on any atom is 0.251 e. The Labute approximate surface area is 153 Å². The van der Waals surface area contributed by atoms with Gasteiger partial charge in [0.25, 0.3) is 5.91 Å². The number of amides is 1. The van der Waals surface area contributed by atoms with Gasteiger partial charge >= 0.3 is 0 Å². The Morgan fingerprint density at radius 3 is 2.36 bits per heavy atom. The topological polar surface area (TPSA) is 46.2 Å². The highest BCUT2D eigenvalue weighted by Gasteiger charge is 2.43. The fourth-order valence-corrected chi connectivity index (χ4v) is 3.85. The number of carbonyl (C=O) groups excluding carboxylic acids is 2. The van der Waals surface area contributed by atoms with Gasteiger partial charge in [0.15, 0.2) is 0 Å². The minimum Gasteiger partial charge on any atom is -0.348 e. The molecule has 0 heterocycles. The second kappa shape index (κ2) is 7.01. The second-order valence-electron chi connectivity index (χ2n) is 7.38. The molecule has 25 heavy (non-hydrogen) atoms. The number of Topliss-reactive ketones (excluding diaryl/α,β-unsaturated/α-hetero) is 1. The molecule has 2 aromatic carbocycles. The number of rotatable bonds is 3.